The maximum absolute atomic E-state index is 12.1. The van der Waals surface area contributed by atoms with Gasteiger partial charge in [-0.3, -0.25) is 4.79 Å². The van der Waals surface area contributed by atoms with Gasteiger partial charge in [0.2, 0.25) is 0 Å². The molecule has 17 heavy (non-hydrogen) atoms. The molecule has 0 atom stereocenters. The molecule has 1 amide bonds. The van der Waals surface area contributed by atoms with Crippen LogP contribution < -0.4 is 5.73 Å². The molecule has 0 aliphatic carbocycles. The Kier molecular flexibility index (Phi) is 4.72. The molecule has 3 N–H and O–H groups in total. The third-order valence-corrected chi connectivity index (χ3v) is 2.64. The Labute approximate surface area is 105 Å². The quantitative estimate of drug-likeness (QED) is 0.848. The number of hydrogen-bond acceptors (Lipinski definition) is 4. The van der Waals surface area contributed by atoms with Crippen LogP contribution in [0.3, 0.4) is 0 Å². The largest absolute Gasteiger partial charge is 0.395 e. The van der Waals surface area contributed by atoms with E-state index >= 15 is 0 Å². The van der Waals surface area contributed by atoms with Gasteiger partial charge in [-0.15, -0.1) is 0 Å². The number of aliphatic hydroxyl groups is 1. The van der Waals surface area contributed by atoms with Crippen molar-refractivity contribution in [1.82, 2.24) is 9.88 Å². The Morgan fingerprint density at radius 3 is 2.76 bits per heavy atom. The number of anilines is 1. The van der Waals surface area contributed by atoms with Gasteiger partial charge >= 0.3 is 0 Å². The molecule has 0 aliphatic heterocycles. The van der Waals surface area contributed by atoms with Gasteiger partial charge in [0.05, 0.1) is 17.2 Å². The lowest BCUT2D eigenvalue weighted by atomic mass is 10.2. The minimum Gasteiger partial charge on any atom is -0.395 e. The standard InChI is InChI=1S/C11H16ClN3O2/c1-7(2)15(3-4-16)11(17)8-5-9(12)10(13)14-6-8/h5-7,16H,3-4H2,1-2H3,(H2,13,14). The third-order valence-electron chi connectivity index (χ3n) is 2.34. The number of nitrogens with zero attached hydrogens (tertiary/aromatic N) is 2. The molecule has 0 radical (unpaired) electrons. The second kappa shape index (κ2) is 5.84. The van der Waals surface area contributed by atoms with Crippen molar-refractivity contribution >= 4 is 23.3 Å². The molecule has 0 unspecified atom stereocenters. The second-order valence-electron chi connectivity index (χ2n) is 3.91. The Morgan fingerprint density at radius 2 is 2.29 bits per heavy atom. The number of aromatic nitrogens is 1. The molecule has 0 bridgehead atoms. The molecule has 1 aromatic rings. The number of carbonyl (C=O) groups is 1. The van der Waals surface area contributed by atoms with Crippen molar-refractivity contribution in [3.63, 3.8) is 0 Å². The number of nitrogens with two attached hydrogens (primary N) is 1. The van der Waals surface area contributed by atoms with E-state index < -0.39 is 0 Å². The molecule has 0 fully saturated rings. The fourth-order valence-electron chi connectivity index (χ4n) is 1.43. The summed E-state index contributed by atoms with van der Waals surface area (Å²) in [5.41, 5.74) is 5.84. The molecule has 0 aromatic carbocycles. The van der Waals surface area contributed by atoms with E-state index in [9.17, 15) is 4.79 Å². The lowest BCUT2D eigenvalue weighted by Crippen LogP contribution is -2.39. The summed E-state index contributed by atoms with van der Waals surface area (Å²) in [6, 6.07) is 1.48. The fourth-order valence-corrected chi connectivity index (χ4v) is 1.60. The molecular formula is C11H16ClN3O2. The van der Waals surface area contributed by atoms with Crippen molar-refractivity contribution in [2.45, 2.75) is 19.9 Å². The van der Waals surface area contributed by atoms with E-state index in [1.54, 1.807) is 4.90 Å². The van der Waals surface area contributed by atoms with Gasteiger partial charge in [-0.25, -0.2) is 4.98 Å². The summed E-state index contributed by atoms with van der Waals surface area (Å²) in [7, 11) is 0. The number of halogens is 1. The molecule has 0 saturated heterocycles. The van der Waals surface area contributed by atoms with Gasteiger partial charge in [-0.1, -0.05) is 11.6 Å². The van der Waals surface area contributed by atoms with Crippen molar-refractivity contribution in [1.29, 1.82) is 0 Å². The van der Waals surface area contributed by atoms with E-state index in [0.717, 1.165) is 0 Å². The van der Waals surface area contributed by atoms with Gasteiger partial charge in [0.15, 0.2) is 0 Å². The lowest BCUT2D eigenvalue weighted by Gasteiger charge is -2.25. The van der Waals surface area contributed by atoms with Gasteiger partial charge in [-0.2, -0.15) is 0 Å². The van der Waals surface area contributed by atoms with Crippen molar-refractivity contribution in [2.24, 2.45) is 0 Å². The zero-order valence-corrected chi connectivity index (χ0v) is 10.6. The number of carbonyl (C=O) groups excluding carboxylic acids is 1. The van der Waals surface area contributed by atoms with Crippen LogP contribution in [0.25, 0.3) is 0 Å². The van der Waals surface area contributed by atoms with Crippen molar-refractivity contribution in [3.8, 4) is 0 Å². The van der Waals surface area contributed by atoms with E-state index in [2.05, 4.69) is 4.98 Å². The van der Waals surface area contributed by atoms with Gasteiger partial charge in [0.1, 0.15) is 5.82 Å². The van der Waals surface area contributed by atoms with E-state index in [4.69, 9.17) is 22.4 Å². The molecule has 0 spiro atoms. The normalized spacial score (nSPS) is 10.6. The average molecular weight is 258 g/mol. The second-order valence-corrected chi connectivity index (χ2v) is 4.31. The van der Waals surface area contributed by atoms with Crippen LogP contribution in [0, 0.1) is 0 Å². The monoisotopic (exact) mass is 257 g/mol. The summed E-state index contributed by atoms with van der Waals surface area (Å²) < 4.78 is 0. The van der Waals surface area contributed by atoms with Crippen LogP contribution in [-0.2, 0) is 0 Å². The molecule has 6 heteroatoms. The molecular weight excluding hydrogens is 242 g/mol. The van der Waals surface area contributed by atoms with Crippen LogP contribution in [0.1, 0.15) is 24.2 Å². The summed E-state index contributed by atoms with van der Waals surface area (Å²) in [4.78, 5) is 17.5. The van der Waals surface area contributed by atoms with Gasteiger partial charge in [0.25, 0.3) is 5.91 Å². The predicted molar refractivity (Wildman–Crippen MR) is 66.9 cm³/mol. The first-order valence-corrected chi connectivity index (χ1v) is 5.68. The van der Waals surface area contributed by atoms with Crippen LogP contribution in [0.15, 0.2) is 12.3 Å². The first-order valence-electron chi connectivity index (χ1n) is 5.30. The highest BCUT2D eigenvalue weighted by atomic mass is 35.5. The van der Waals surface area contributed by atoms with Gasteiger partial charge in [0, 0.05) is 18.8 Å². The number of amides is 1. The van der Waals surface area contributed by atoms with E-state index in [-0.39, 0.29) is 35.9 Å². The van der Waals surface area contributed by atoms with Crippen LogP contribution in [0.5, 0.6) is 0 Å². The highest BCUT2D eigenvalue weighted by Gasteiger charge is 2.19. The zero-order valence-electron chi connectivity index (χ0n) is 9.85. The van der Waals surface area contributed by atoms with Crippen molar-refractivity contribution in [2.75, 3.05) is 18.9 Å². The van der Waals surface area contributed by atoms with Crippen molar-refractivity contribution < 1.29 is 9.90 Å². The van der Waals surface area contributed by atoms with Crippen LogP contribution in [-0.4, -0.2) is 40.1 Å². The maximum atomic E-state index is 12.1. The Morgan fingerprint density at radius 1 is 1.65 bits per heavy atom. The van der Waals surface area contributed by atoms with Crippen LogP contribution >= 0.6 is 11.6 Å². The number of pyridine rings is 1. The van der Waals surface area contributed by atoms with Crippen LogP contribution in [0.4, 0.5) is 5.82 Å². The number of rotatable bonds is 4. The Hall–Kier alpha value is -1.33. The van der Waals surface area contributed by atoms with E-state index in [0.29, 0.717) is 5.56 Å². The van der Waals surface area contributed by atoms with Gasteiger partial charge in [-0.05, 0) is 19.9 Å². The minimum atomic E-state index is -0.219. The van der Waals surface area contributed by atoms with Gasteiger partial charge < -0.3 is 15.7 Å². The SMILES string of the molecule is CC(C)N(CCO)C(=O)c1cnc(N)c(Cl)c1. The first-order chi connectivity index (χ1) is 7.97. The average Bonchev–Trinajstić information content (AvgIpc) is 2.28. The highest BCUT2D eigenvalue weighted by Crippen LogP contribution is 2.18. The molecule has 0 aliphatic rings. The maximum Gasteiger partial charge on any atom is 0.255 e. The zero-order chi connectivity index (χ0) is 13.0. The summed E-state index contributed by atoms with van der Waals surface area (Å²) in [6.07, 6.45) is 1.39. The van der Waals surface area contributed by atoms with Crippen molar-refractivity contribution in [3.05, 3.63) is 22.8 Å². The molecule has 5 nitrogen and oxygen atoms in total. The molecule has 1 rings (SSSR count). The lowest BCUT2D eigenvalue weighted by molar-refractivity contribution is 0.0665. The molecule has 94 valence electrons. The van der Waals surface area contributed by atoms with E-state index in [1.165, 1.54) is 12.3 Å². The summed E-state index contributed by atoms with van der Waals surface area (Å²) in [6.45, 7) is 3.94. The number of nitrogen functional groups attached to an aromatic ring is 1. The molecule has 1 heterocycles. The van der Waals surface area contributed by atoms with E-state index in [1.807, 2.05) is 13.8 Å². The number of aliphatic hydroxyl groups excluding tert-OH is 1. The fraction of sp³-hybridized carbons (Fsp3) is 0.455. The van der Waals surface area contributed by atoms with Crippen LogP contribution in [0.2, 0.25) is 5.02 Å². The first kappa shape index (κ1) is 13.7. The summed E-state index contributed by atoms with van der Waals surface area (Å²) in [5, 5.41) is 9.18. The predicted octanol–water partition coefficient (Wildman–Crippen LogP) is 1.16. The Balaban J connectivity index is 2.97. The summed E-state index contributed by atoms with van der Waals surface area (Å²) >= 11 is 5.81. The smallest absolute Gasteiger partial charge is 0.255 e. The number of hydrogen-bond donors (Lipinski definition) is 2. The topological polar surface area (TPSA) is 79.5 Å². The minimum absolute atomic E-state index is 0.00835. The molecule has 1 aromatic heterocycles. The molecule has 0 saturated carbocycles. The highest BCUT2D eigenvalue weighted by molar-refractivity contribution is 6.33. The Bertz CT molecular complexity index is 410. The summed E-state index contributed by atoms with van der Waals surface area (Å²) in [5.74, 6) is -0.0232. The third kappa shape index (κ3) is 3.31.